The van der Waals surface area contributed by atoms with E-state index in [1.54, 1.807) is 23.7 Å². The van der Waals surface area contributed by atoms with Crippen molar-refractivity contribution in [1.82, 2.24) is 9.97 Å². The van der Waals surface area contributed by atoms with Crippen LogP contribution in [0.25, 0.3) is 21.8 Å². The van der Waals surface area contributed by atoms with Crippen molar-refractivity contribution in [3.8, 4) is 21.8 Å². The van der Waals surface area contributed by atoms with E-state index in [0.717, 1.165) is 6.07 Å². The number of halogens is 2. The van der Waals surface area contributed by atoms with Crippen LogP contribution in [0.1, 0.15) is 0 Å². The van der Waals surface area contributed by atoms with Gasteiger partial charge in [0, 0.05) is 23.2 Å². The first-order valence-corrected chi connectivity index (χ1v) is 6.64. The number of thiazole rings is 1. The molecule has 2 heterocycles. The molecular weight excluding hydrogens is 280 g/mol. The number of nitrogen functional groups attached to an aromatic ring is 1. The summed E-state index contributed by atoms with van der Waals surface area (Å²) >= 11 is 1.35. The van der Waals surface area contributed by atoms with Crippen LogP contribution in [0, 0.1) is 11.6 Å². The fourth-order valence-corrected chi connectivity index (χ4v) is 2.69. The molecule has 0 radical (unpaired) electrons. The lowest BCUT2D eigenvalue weighted by atomic mass is 10.1. The zero-order valence-electron chi connectivity index (χ0n) is 10.2. The molecule has 20 heavy (non-hydrogen) atoms. The quantitative estimate of drug-likeness (QED) is 0.782. The van der Waals surface area contributed by atoms with Crippen LogP contribution < -0.4 is 5.73 Å². The molecule has 1 aromatic carbocycles. The van der Waals surface area contributed by atoms with Gasteiger partial charge in [0.25, 0.3) is 0 Å². The number of nitrogens with zero attached hydrogens (tertiary/aromatic N) is 2. The van der Waals surface area contributed by atoms with E-state index in [1.807, 2.05) is 0 Å². The van der Waals surface area contributed by atoms with Crippen LogP contribution in [-0.2, 0) is 0 Å². The highest BCUT2D eigenvalue weighted by molar-refractivity contribution is 7.13. The molecule has 0 saturated heterocycles. The Morgan fingerprint density at radius 3 is 2.55 bits per heavy atom. The van der Waals surface area contributed by atoms with Crippen LogP contribution in [0.5, 0.6) is 0 Å². The molecule has 0 aliphatic heterocycles. The predicted molar refractivity (Wildman–Crippen MR) is 75.1 cm³/mol. The summed E-state index contributed by atoms with van der Waals surface area (Å²) in [4.78, 5) is 8.35. The van der Waals surface area contributed by atoms with Crippen molar-refractivity contribution < 1.29 is 8.78 Å². The fraction of sp³-hybridized carbons (Fsp3) is 0. The molecule has 0 fully saturated rings. The molecule has 3 rings (SSSR count). The van der Waals surface area contributed by atoms with Crippen molar-refractivity contribution >= 4 is 17.2 Å². The zero-order chi connectivity index (χ0) is 14.1. The number of hydrogen-bond acceptors (Lipinski definition) is 4. The largest absolute Gasteiger partial charge is 0.383 e. The lowest BCUT2D eigenvalue weighted by Crippen LogP contribution is -1.92. The summed E-state index contributed by atoms with van der Waals surface area (Å²) in [5.41, 5.74) is 7.40. The Balaban J connectivity index is 2.04. The van der Waals surface area contributed by atoms with Gasteiger partial charge in [-0.15, -0.1) is 11.3 Å². The normalized spacial score (nSPS) is 10.7. The van der Waals surface area contributed by atoms with Gasteiger partial charge in [0.1, 0.15) is 22.5 Å². The van der Waals surface area contributed by atoms with E-state index >= 15 is 0 Å². The standard InChI is InChI=1S/C14H9F2N3S/c15-9-4-8(5-10(16)6-9)12-7-20-14(19-12)11-2-1-3-18-13(11)17/h1-7H,(H2,17,18). The monoisotopic (exact) mass is 289 g/mol. The Bertz CT molecular complexity index is 750. The number of aromatic nitrogens is 2. The molecule has 0 saturated carbocycles. The SMILES string of the molecule is Nc1ncccc1-c1nc(-c2cc(F)cc(F)c2)cs1. The molecule has 2 N–H and O–H groups in total. The first kappa shape index (κ1) is 12.7. The van der Waals surface area contributed by atoms with Gasteiger partial charge in [-0.2, -0.15) is 0 Å². The topological polar surface area (TPSA) is 51.8 Å². The van der Waals surface area contributed by atoms with Gasteiger partial charge >= 0.3 is 0 Å². The molecule has 0 atom stereocenters. The number of hydrogen-bond donors (Lipinski definition) is 1. The van der Waals surface area contributed by atoms with Crippen molar-refractivity contribution in [1.29, 1.82) is 0 Å². The Morgan fingerprint density at radius 1 is 1.10 bits per heavy atom. The number of nitrogens with two attached hydrogens (primary N) is 1. The van der Waals surface area contributed by atoms with Gasteiger partial charge in [-0.25, -0.2) is 18.7 Å². The molecule has 3 aromatic rings. The van der Waals surface area contributed by atoms with E-state index < -0.39 is 11.6 Å². The highest BCUT2D eigenvalue weighted by Crippen LogP contribution is 2.31. The van der Waals surface area contributed by atoms with Crippen LogP contribution in [0.3, 0.4) is 0 Å². The van der Waals surface area contributed by atoms with Crippen LogP contribution in [0.15, 0.2) is 41.9 Å². The first-order valence-electron chi connectivity index (χ1n) is 5.76. The molecule has 0 spiro atoms. The van der Waals surface area contributed by atoms with E-state index in [2.05, 4.69) is 9.97 Å². The smallest absolute Gasteiger partial charge is 0.133 e. The minimum absolute atomic E-state index is 0.374. The first-order chi connectivity index (χ1) is 9.63. The number of anilines is 1. The van der Waals surface area contributed by atoms with Gasteiger partial charge in [-0.3, -0.25) is 0 Å². The third-order valence-electron chi connectivity index (χ3n) is 2.73. The maximum Gasteiger partial charge on any atom is 0.133 e. The molecule has 0 aliphatic carbocycles. The van der Waals surface area contributed by atoms with Gasteiger partial charge in [0.2, 0.25) is 0 Å². The Labute approximate surface area is 117 Å². The summed E-state index contributed by atoms with van der Waals surface area (Å²) in [6, 6.07) is 6.88. The van der Waals surface area contributed by atoms with E-state index in [4.69, 9.17) is 5.73 Å². The van der Waals surface area contributed by atoms with E-state index in [0.29, 0.717) is 27.6 Å². The van der Waals surface area contributed by atoms with Gasteiger partial charge in [-0.1, -0.05) is 0 Å². The Morgan fingerprint density at radius 2 is 1.85 bits per heavy atom. The summed E-state index contributed by atoms with van der Waals surface area (Å²) in [6.45, 7) is 0. The summed E-state index contributed by atoms with van der Waals surface area (Å²) in [6.07, 6.45) is 1.59. The van der Waals surface area contributed by atoms with Crippen molar-refractivity contribution in [2.24, 2.45) is 0 Å². The summed E-state index contributed by atoms with van der Waals surface area (Å²) in [5.74, 6) is -0.885. The molecular formula is C14H9F2N3S. The van der Waals surface area contributed by atoms with Gasteiger partial charge in [0.05, 0.1) is 11.3 Å². The van der Waals surface area contributed by atoms with Crippen molar-refractivity contribution in [2.75, 3.05) is 5.73 Å². The van der Waals surface area contributed by atoms with E-state index in [1.165, 1.54) is 23.5 Å². The van der Waals surface area contributed by atoms with Crippen molar-refractivity contribution in [3.63, 3.8) is 0 Å². The van der Waals surface area contributed by atoms with Gasteiger partial charge in [-0.05, 0) is 24.3 Å². The molecule has 0 amide bonds. The second-order valence-electron chi connectivity index (χ2n) is 4.13. The molecule has 100 valence electrons. The third kappa shape index (κ3) is 2.37. The van der Waals surface area contributed by atoms with Crippen LogP contribution in [-0.4, -0.2) is 9.97 Å². The number of benzene rings is 1. The average molecular weight is 289 g/mol. The molecule has 0 unspecified atom stereocenters. The van der Waals surface area contributed by atoms with E-state index in [-0.39, 0.29) is 0 Å². The van der Waals surface area contributed by atoms with Gasteiger partial charge in [0.15, 0.2) is 0 Å². The van der Waals surface area contributed by atoms with Crippen molar-refractivity contribution in [2.45, 2.75) is 0 Å². The average Bonchev–Trinajstić information content (AvgIpc) is 2.87. The van der Waals surface area contributed by atoms with Crippen LogP contribution in [0.4, 0.5) is 14.6 Å². The predicted octanol–water partition coefficient (Wildman–Crippen LogP) is 3.73. The van der Waals surface area contributed by atoms with Gasteiger partial charge < -0.3 is 5.73 Å². The minimum Gasteiger partial charge on any atom is -0.383 e. The maximum atomic E-state index is 13.2. The molecule has 6 heteroatoms. The molecule has 0 aliphatic rings. The second-order valence-corrected chi connectivity index (χ2v) is 4.99. The number of pyridine rings is 1. The third-order valence-corrected chi connectivity index (χ3v) is 3.61. The molecule has 0 bridgehead atoms. The zero-order valence-corrected chi connectivity index (χ0v) is 11.0. The molecule has 3 nitrogen and oxygen atoms in total. The lowest BCUT2D eigenvalue weighted by molar-refractivity contribution is 0.584. The highest BCUT2D eigenvalue weighted by Gasteiger charge is 2.11. The summed E-state index contributed by atoms with van der Waals surface area (Å²) < 4.78 is 26.4. The van der Waals surface area contributed by atoms with E-state index in [9.17, 15) is 8.78 Å². The van der Waals surface area contributed by atoms with Crippen LogP contribution in [0.2, 0.25) is 0 Å². The lowest BCUT2D eigenvalue weighted by Gasteiger charge is -2.00. The Kier molecular flexibility index (Phi) is 3.15. The Hall–Kier alpha value is -2.34. The second kappa shape index (κ2) is 4.97. The summed E-state index contributed by atoms with van der Waals surface area (Å²) in [7, 11) is 0. The maximum absolute atomic E-state index is 13.2. The van der Waals surface area contributed by atoms with Crippen molar-refractivity contribution in [3.05, 3.63) is 53.5 Å². The summed E-state index contributed by atoms with van der Waals surface area (Å²) in [5, 5.41) is 2.39. The van der Waals surface area contributed by atoms with Crippen LogP contribution >= 0.6 is 11.3 Å². The minimum atomic E-state index is -0.629. The number of rotatable bonds is 2. The highest BCUT2D eigenvalue weighted by atomic mass is 32.1. The molecule has 2 aromatic heterocycles. The fourth-order valence-electron chi connectivity index (χ4n) is 1.83.